The predicted molar refractivity (Wildman–Crippen MR) is 96.2 cm³/mol. The summed E-state index contributed by atoms with van der Waals surface area (Å²) >= 11 is 0. The van der Waals surface area contributed by atoms with Gasteiger partial charge in [0.2, 0.25) is 5.91 Å². The Kier molecular flexibility index (Phi) is 5.88. The van der Waals surface area contributed by atoms with Gasteiger partial charge in [-0.25, -0.2) is 4.39 Å². The first-order chi connectivity index (χ1) is 14.3. The normalized spacial score (nSPS) is 20.1. The van der Waals surface area contributed by atoms with Gasteiger partial charge in [-0.2, -0.15) is 26.3 Å². The number of hydrogen-bond acceptors (Lipinski definition) is 2. The van der Waals surface area contributed by atoms with Gasteiger partial charge in [0.15, 0.2) is 0 Å². The molecule has 31 heavy (non-hydrogen) atoms. The fourth-order valence-electron chi connectivity index (χ4n) is 3.17. The summed E-state index contributed by atoms with van der Waals surface area (Å²) in [5.41, 5.74) is -4.04. The number of halogens is 7. The van der Waals surface area contributed by atoms with Crippen LogP contribution in [0.1, 0.15) is 35.3 Å². The molecule has 0 fully saturated rings. The van der Waals surface area contributed by atoms with Gasteiger partial charge in [-0.3, -0.25) is 4.79 Å². The molecule has 2 atom stereocenters. The van der Waals surface area contributed by atoms with E-state index in [0.29, 0.717) is 17.7 Å². The second kappa shape index (κ2) is 7.99. The van der Waals surface area contributed by atoms with Crippen LogP contribution < -0.4 is 5.32 Å². The van der Waals surface area contributed by atoms with E-state index in [1.54, 1.807) is 0 Å². The zero-order valence-electron chi connectivity index (χ0n) is 15.9. The topological polar surface area (TPSA) is 38.3 Å². The lowest BCUT2D eigenvalue weighted by atomic mass is 9.91. The number of amides is 1. The van der Waals surface area contributed by atoms with Crippen molar-refractivity contribution in [3.8, 4) is 0 Å². The summed E-state index contributed by atoms with van der Waals surface area (Å²) in [7, 11) is 0. The molecule has 0 aliphatic carbocycles. The third-order valence-corrected chi connectivity index (χ3v) is 4.87. The van der Waals surface area contributed by atoms with Crippen LogP contribution >= 0.6 is 0 Å². The summed E-state index contributed by atoms with van der Waals surface area (Å²) in [4.78, 5) is 11.7. The fourth-order valence-corrected chi connectivity index (χ4v) is 3.17. The highest BCUT2D eigenvalue weighted by molar-refractivity contribution is 5.91. The van der Waals surface area contributed by atoms with Crippen LogP contribution in [0.15, 0.2) is 54.6 Å². The number of rotatable bonds is 5. The van der Waals surface area contributed by atoms with Gasteiger partial charge in [-0.05, 0) is 54.5 Å². The van der Waals surface area contributed by atoms with Gasteiger partial charge in [0.05, 0.1) is 23.8 Å². The lowest BCUT2D eigenvalue weighted by Crippen LogP contribution is -2.43. The summed E-state index contributed by atoms with van der Waals surface area (Å²) in [5.74, 6) is -0.996. The standard InChI is InChI=1S/C21H16F7NO2/c1-12(13-8-15(20(23,24)25)10-16(9-13)21(26,27)28)31-11-19(7-6-18(30)29-19)14-2-4-17(22)5-3-14/h2-10,12H,11H2,1H3,(H,29,30)/t12-,19-/m1/s1. The molecule has 1 aliphatic heterocycles. The molecule has 0 radical (unpaired) electrons. The van der Waals surface area contributed by atoms with Crippen LogP contribution in [0.4, 0.5) is 30.7 Å². The smallest absolute Gasteiger partial charge is 0.371 e. The van der Waals surface area contributed by atoms with E-state index in [-0.39, 0.29) is 18.2 Å². The van der Waals surface area contributed by atoms with Crippen molar-refractivity contribution in [3.05, 3.63) is 82.7 Å². The molecule has 1 aliphatic rings. The number of benzene rings is 2. The summed E-state index contributed by atoms with van der Waals surface area (Å²) in [6.45, 7) is 0.994. The van der Waals surface area contributed by atoms with Crippen molar-refractivity contribution in [1.29, 1.82) is 0 Å². The quantitative estimate of drug-likeness (QED) is 0.613. The first-order valence-electron chi connectivity index (χ1n) is 8.99. The third kappa shape index (κ3) is 5.07. The Morgan fingerprint density at radius 3 is 1.97 bits per heavy atom. The number of hydrogen-bond donors (Lipinski definition) is 1. The first-order valence-corrected chi connectivity index (χ1v) is 8.99. The Morgan fingerprint density at radius 1 is 0.968 bits per heavy atom. The van der Waals surface area contributed by atoms with Gasteiger partial charge in [0, 0.05) is 6.08 Å². The van der Waals surface area contributed by atoms with Gasteiger partial charge >= 0.3 is 12.4 Å². The first kappa shape index (κ1) is 22.8. The molecule has 0 saturated heterocycles. The third-order valence-electron chi connectivity index (χ3n) is 4.87. The highest BCUT2D eigenvalue weighted by Gasteiger charge is 2.39. The van der Waals surface area contributed by atoms with Gasteiger partial charge in [-0.15, -0.1) is 0 Å². The Bertz CT molecular complexity index is 964. The summed E-state index contributed by atoms with van der Waals surface area (Å²) in [5, 5.41) is 2.62. The zero-order valence-corrected chi connectivity index (χ0v) is 15.9. The maximum Gasteiger partial charge on any atom is 0.416 e. The molecule has 1 N–H and O–H groups in total. The van der Waals surface area contributed by atoms with Crippen LogP contribution in [0, 0.1) is 5.82 Å². The van der Waals surface area contributed by atoms with Gasteiger partial charge in [0.25, 0.3) is 0 Å². The highest BCUT2D eigenvalue weighted by Crippen LogP contribution is 2.38. The molecule has 0 unspecified atom stereocenters. The lowest BCUT2D eigenvalue weighted by Gasteiger charge is -2.30. The maximum absolute atomic E-state index is 13.3. The predicted octanol–water partition coefficient (Wildman–Crippen LogP) is 5.52. The Morgan fingerprint density at radius 2 is 1.52 bits per heavy atom. The second-order valence-electron chi connectivity index (χ2n) is 7.09. The van der Waals surface area contributed by atoms with Crippen molar-refractivity contribution in [2.45, 2.75) is 30.9 Å². The van der Waals surface area contributed by atoms with Gasteiger partial charge < -0.3 is 10.1 Å². The van der Waals surface area contributed by atoms with Crippen molar-refractivity contribution in [2.75, 3.05) is 6.61 Å². The molecular weight excluding hydrogens is 431 g/mol. The number of carbonyl (C=O) groups is 1. The van der Waals surface area contributed by atoms with Crippen LogP contribution in [0.2, 0.25) is 0 Å². The van der Waals surface area contributed by atoms with E-state index >= 15 is 0 Å². The average molecular weight is 447 g/mol. The molecule has 1 heterocycles. The van der Waals surface area contributed by atoms with Gasteiger partial charge in [-0.1, -0.05) is 12.1 Å². The minimum absolute atomic E-state index is 0.0379. The van der Waals surface area contributed by atoms with Crippen molar-refractivity contribution in [2.24, 2.45) is 0 Å². The van der Waals surface area contributed by atoms with Crippen LogP contribution in [-0.4, -0.2) is 12.5 Å². The zero-order chi connectivity index (χ0) is 23.0. The summed E-state index contributed by atoms with van der Waals surface area (Å²) < 4.78 is 97.4. The minimum Gasteiger partial charge on any atom is -0.371 e. The van der Waals surface area contributed by atoms with E-state index < -0.39 is 46.8 Å². The van der Waals surface area contributed by atoms with E-state index in [1.807, 2.05) is 0 Å². The lowest BCUT2D eigenvalue weighted by molar-refractivity contribution is -0.143. The molecule has 0 aromatic heterocycles. The molecule has 0 bridgehead atoms. The molecular formula is C21H16F7NO2. The van der Waals surface area contributed by atoms with Crippen LogP contribution in [0.25, 0.3) is 0 Å². The molecule has 2 aromatic rings. The van der Waals surface area contributed by atoms with Crippen molar-refractivity contribution < 1.29 is 40.3 Å². The van der Waals surface area contributed by atoms with Crippen LogP contribution in [0.3, 0.4) is 0 Å². The molecule has 0 saturated carbocycles. The van der Waals surface area contributed by atoms with Gasteiger partial charge in [0.1, 0.15) is 11.4 Å². The number of nitrogens with one attached hydrogen (secondary N) is 1. The van der Waals surface area contributed by atoms with E-state index in [9.17, 15) is 35.5 Å². The second-order valence-corrected chi connectivity index (χ2v) is 7.09. The van der Waals surface area contributed by atoms with Crippen LogP contribution in [0.5, 0.6) is 0 Å². The number of ether oxygens (including phenoxy) is 1. The Labute approximate surface area is 172 Å². The molecule has 0 spiro atoms. The molecule has 3 rings (SSSR count). The highest BCUT2D eigenvalue weighted by atomic mass is 19.4. The van der Waals surface area contributed by atoms with E-state index in [1.165, 1.54) is 31.2 Å². The molecule has 10 heteroatoms. The van der Waals surface area contributed by atoms with E-state index in [2.05, 4.69) is 5.32 Å². The number of alkyl halides is 6. The molecule has 1 amide bonds. The molecule has 3 nitrogen and oxygen atoms in total. The maximum atomic E-state index is 13.3. The van der Waals surface area contributed by atoms with E-state index in [0.717, 1.165) is 12.1 Å². The minimum atomic E-state index is -4.98. The SMILES string of the molecule is C[C@@H](OC[C@@]1(c2ccc(F)cc2)C=CC(=O)N1)c1cc(C(F)(F)F)cc(C(F)(F)F)c1. The monoisotopic (exact) mass is 447 g/mol. The van der Waals surface area contributed by atoms with Crippen molar-refractivity contribution >= 4 is 5.91 Å². The molecule has 166 valence electrons. The molecule has 2 aromatic carbocycles. The average Bonchev–Trinajstić information content (AvgIpc) is 3.07. The number of carbonyl (C=O) groups excluding carboxylic acids is 1. The summed E-state index contributed by atoms with van der Waals surface area (Å²) in [6.07, 6.45) is -8.47. The van der Waals surface area contributed by atoms with Crippen molar-refractivity contribution in [3.63, 3.8) is 0 Å². The van der Waals surface area contributed by atoms with Crippen molar-refractivity contribution in [1.82, 2.24) is 5.32 Å². The fraction of sp³-hybridized carbons (Fsp3) is 0.286. The Balaban J connectivity index is 1.89. The summed E-state index contributed by atoms with van der Waals surface area (Å²) in [6, 6.07) is 6.32. The van der Waals surface area contributed by atoms with Crippen LogP contribution in [-0.2, 0) is 27.4 Å². The Hall–Kier alpha value is -2.88. The largest absolute Gasteiger partial charge is 0.416 e. The van der Waals surface area contributed by atoms with E-state index in [4.69, 9.17) is 4.74 Å².